The molecule has 1 aromatic heterocycles. The summed E-state index contributed by atoms with van der Waals surface area (Å²) in [6.07, 6.45) is 3.50. The first-order valence-electron chi connectivity index (χ1n) is 5.63. The van der Waals surface area contributed by atoms with Gasteiger partial charge >= 0.3 is 0 Å². The number of benzene rings is 1. The lowest BCUT2D eigenvalue weighted by Gasteiger charge is -2.18. The Bertz CT molecular complexity index is 510. The van der Waals surface area contributed by atoms with E-state index in [2.05, 4.69) is 30.1 Å². The van der Waals surface area contributed by atoms with Gasteiger partial charge in [-0.15, -0.1) is 0 Å². The third-order valence-corrected chi connectivity index (χ3v) is 3.50. The maximum absolute atomic E-state index is 6.13. The molecule has 0 amide bonds. The minimum Gasteiger partial charge on any atom is -0.357 e. The molecule has 1 aliphatic carbocycles. The van der Waals surface area contributed by atoms with Crippen LogP contribution in [-0.4, -0.2) is 4.98 Å². The van der Waals surface area contributed by atoms with E-state index in [0.717, 1.165) is 6.42 Å². The SMILES string of the molecule is Cc1cccc2c3c([nH]c12)[C@@H](N)CCC3. The van der Waals surface area contributed by atoms with E-state index in [9.17, 15) is 0 Å². The topological polar surface area (TPSA) is 41.8 Å². The molecule has 15 heavy (non-hydrogen) atoms. The average molecular weight is 200 g/mol. The molecule has 0 saturated heterocycles. The second-order valence-electron chi connectivity index (χ2n) is 4.51. The lowest BCUT2D eigenvalue weighted by Crippen LogP contribution is -2.16. The molecule has 0 bridgehead atoms. The summed E-state index contributed by atoms with van der Waals surface area (Å²) in [5, 5.41) is 1.38. The Hall–Kier alpha value is -1.28. The summed E-state index contributed by atoms with van der Waals surface area (Å²) in [4.78, 5) is 3.51. The summed E-state index contributed by atoms with van der Waals surface area (Å²) in [6.45, 7) is 2.15. The normalized spacial score (nSPS) is 20.5. The number of nitrogens with two attached hydrogens (primary N) is 1. The van der Waals surface area contributed by atoms with Gasteiger partial charge in [0.15, 0.2) is 0 Å². The number of rotatable bonds is 0. The van der Waals surface area contributed by atoms with Crippen molar-refractivity contribution in [1.29, 1.82) is 0 Å². The highest BCUT2D eigenvalue weighted by Gasteiger charge is 2.21. The van der Waals surface area contributed by atoms with Crippen LogP contribution in [0.5, 0.6) is 0 Å². The molecule has 1 atom stereocenters. The number of aromatic nitrogens is 1. The fourth-order valence-corrected chi connectivity index (χ4v) is 2.67. The van der Waals surface area contributed by atoms with Gasteiger partial charge in [-0.05, 0) is 37.3 Å². The van der Waals surface area contributed by atoms with E-state index in [4.69, 9.17) is 5.73 Å². The highest BCUT2D eigenvalue weighted by Crippen LogP contribution is 2.34. The smallest absolute Gasteiger partial charge is 0.0489 e. The van der Waals surface area contributed by atoms with E-state index in [1.807, 2.05) is 0 Å². The zero-order valence-electron chi connectivity index (χ0n) is 9.01. The third-order valence-electron chi connectivity index (χ3n) is 3.50. The molecule has 1 heterocycles. The minimum absolute atomic E-state index is 0.209. The summed E-state index contributed by atoms with van der Waals surface area (Å²) in [7, 11) is 0. The van der Waals surface area contributed by atoms with Crippen LogP contribution in [0.15, 0.2) is 18.2 Å². The lowest BCUT2D eigenvalue weighted by atomic mass is 9.92. The van der Waals surface area contributed by atoms with Gasteiger partial charge in [0.2, 0.25) is 0 Å². The van der Waals surface area contributed by atoms with E-state index in [1.54, 1.807) is 0 Å². The maximum atomic E-state index is 6.13. The first kappa shape index (κ1) is 8.98. The number of hydrogen-bond donors (Lipinski definition) is 2. The predicted molar refractivity (Wildman–Crippen MR) is 62.9 cm³/mol. The van der Waals surface area contributed by atoms with Gasteiger partial charge in [-0.1, -0.05) is 18.2 Å². The maximum Gasteiger partial charge on any atom is 0.0489 e. The summed E-state index contributed by atoms with van der Waals surface area (Å²) < 4.78 is 0. The van der Waals surface area contributed by atoms with Crippen LogP contribution in [0.2, 0.25) is 0 Å². The van der Waals surface area contributed by atoms with Crippen LogP contribution in [0.25, 0.3) is 10.9 Å². The standard InChI is InChI=1S/C13H16N2/c1-8-4-2-5-9-10-6-3-7-11(14)13(10)15-12(8)9/h2,4-5,11,15H,3,6-7,14H2,1H3/t11-/m0/s1. The molecule has 3 N–H and O–H groups in total. The van der Waals surface area contributed by atoms with Gasteiger partial charge in [0.25, 0.3) is 0 Å². The molecule has 3 rings (SSSR count). The van der Waals surface area contributed by atoms with Crippen LogP contribution < -0.4 is 5.73 Å². The van der Waals surface area contributed by atoms with E-state index in [0.29, 0.717) is 0 Å². The molecule has 1 aliphatic rings. The van der Waals surface area contributed by atoms with Crippen LogP contribution in [0.4, 0.5) is 0 Å². The van der Waals surface area contributed by atoms with Crippen molar-refractivity contribution >= 4 is 10.9 Å². The first-order chi connectivity index (χ1) is 7.27. The van der Waals surface area contributed by atoms with Gasteiger partial charge in [0.1, 0.15) is 0 Å². The van der Waals surface area contributed by atoms with Crippen molar-refractivity contribution in [3.8, 4) is 0 Å². The Morgan fingerprint density at radius 3 is 3.13 bits per heavy atom. The molecule has 78 valence electrons. The zero-order chi connectivity index (χ0) is 10.4. The van der Waals surface area contributed by atoms with Crippen LogP contribution in [0, 0.1) is 6.92 Å². The second-order valence-corrected chi connectivity index (χ2v) is 4.51. The van der Waals surface area contributed by atoms with Crippen molar-refractivity contribution < 1.29 is 0 Å². The van der Waals surface area contributed by atoms with Crippen LogP contribution in [0.1, 0.15) is 35.7 Å². The Balaban J connectivity index is 2.35. The third kappa shape index (κ3) is 1.21. The number of aromatic amines is 1. The zero-order valence-corrected chi connectivity index (χ0v) is 9.01. The number of fused-ring (bicyclic) bond motifs is 3. The number of aryl methyl sites for hydroxylation is 2. The molecule has 0 spiro atoms. The quantitative estimate of drug-likeness (QED) is 0.674. The molecule has 0 saturated carbocycles. The molecule has 1 aromatic carbocycles. The van der Waals surface area contributed by atoms with Crippen molar-refractivity contribution in [3.05, 3.63) is 35.0 Å². The van der Waals surface area contributed by atoms with E-state index in [1.165, 1.54) is 40.6 Å². The Morgan fingerprint density at radius 1 is 1.40 bits per heavy atom. The van der Waals surface area contributed by atoms with Gasteiger partial charge in [-0.3, -0.25) is 0 Å². The summed E-state index contributed by atoms with van der Waals surface area (Å²) in [5.41, 5.74) is 11.4. The van der Waals surface area contributed by atoms with Crippen molar-refractivity contribution in [2.45, 2.75) is 32.2 Å². The van der Waals surface area contributed by atoms with Crippen molar-refractivity contribution in [2.24, 2.45) is 5.73 Å². The monoisotopic (exact) mass is 200 g/mol. The summed E-state index contributed by atoms with van der Waals surface area (Å²) >= 11 is 0. The first-order valence-corrected chi connectivity index (χ1v) is 5.63. The van der Waals surface area contributed by atoms with Crippen LogP contribution in [-0.2, 0) is 6.42 Å². The number of nitrogens with one attached hydrogen (secondary N) is 1. The fraction of sp³-hybridized carbons (Fsp3) is 0.385. The number of H-pyrrole nitrogens is 1. The highest BCUT2D eigenvalue weighted by molar-refractivity contribution is 5.87. The Morgan fingerprint density at radius 2 is 2.27 bits per heavy atom. The Kier molecular flexibility index (Phi) is 1.86. The van der Waals surface area contributed by atoms with E-state index >= 15 is 0 Å². The van der Waals surface area contributed by atoms with E-state index in [-0.39, 0.29) is 6.04 Å². The Labute approximate surface area is 89.5 Å². The predicted octanol–water partition coefficient (Wildman–Crippen LogP) is 2.81. The molecule has 0 fully saturated rings. The molecule has 0 aliphatic heterocycles. The molecule has 2 aromatic rings. The van der Waals surface area contributed by atoms with Gasteiger partial charge in [-0.2, -0.15) is 0 Å². The second kappa shape index (κ2) is 3.11. The van der Waals surface area contributed by atoms with Crippen LogP contribution in [0.3, 0.4) is 0 Å². The van der Waals surface area contributed by atoms with Crippen LogP contribution >= 0.6 is 0 Å². The van der Waals surface area contributed by atoms with Crippen molar-refractivity contribution in [3.63, 3.8) is 0 Å². The van der Waals surface area contributed by atoms with Gasteiger partial charge < -0.3 is 10.7 Å². The largest absolute Gasteiger partial charge is 0.357 e. The number of hydrogen-bond acceptors (Lipinski definition) is 1. The average Bonchev–Trinajstić information content (AvgIpc) is 2.60. The van der Waals surface area contributed by atoms with Crippen molar-refractivity contribution in [2.75, 3.05) is 0 Å². The lowest BCUT2D eigenvalue weighted by molar-refractivity contribution is 0.562. The molecule has 0 unspecified atom stereocenters. The van der Waals surface area contributed by atoms with E-state index < -0.39 is 0 Å². The van der Waals surface area contributed by atoms with Gasteiger partial charge in [-0.25, -0.2) is 0 Å². The summed E-state index contributed by atoms with van der Waals surface area (Å²) in [6, 6.07) is 6.69. The molecular weight excluding hydrogens is 184 g/mol. The summed E-state index contributed by atoms with van der Waals surface area (Å²) in [5.74, 6) is 0. The fourth-order valence-electron chi connectivity index (χ4n) is 2.67. The van der Waals surface area contributed by atoms with Gasteiger partial charge in [0.05, 0.1) is 0 Å². The highest BCUT2D eigenvalue weighted by atomic mass is 14.8. The molecule has 2 heteroatoms. The minimum atomic E-state index is 0.209. The molecular formula is C13H16N2. The molecule has 2 nitrogen and oxygen atoms in total. The van der Waals surface area contributed by atoms with Gasteiger partial charge in [0, 0.05) is 22.6 Å². The molecule has 0 radical (unpaired) electrons. The van der Waals surface area contributed by atoms with Crippen molar-refractivity contribution in [1.82, 2.24) is 4.98 Å². The number of para-hydroxylation sites is 1.